The number of nitrogens with one attached hydrogen (secondary N) is 1. The number of carbonyl (C=O) groups excluding carboxylic acids is 1. The number of thiol groups is 1. The average Bonchev–Trinajstić information content (AvgIpc) is 3.89. The predicted molar refractivity (Wildman–Crippen MR) is 204 cm³/mol. The van der Waals surface area contributed by atoms with Crippen molar-refractivity contribution < 1.29 is 23.1 Å². The van der Waals surface area contributed by atoms with Gasteiger partial charge in [-0.15, -0.1) is 6.58 Å². The Labute approximate surface area is 304 Å². The van der Waals surface area contributed by atoms with Crippen LogP contribution in [0.3, 0.4) is 0 Å². The molecule has 2 aliphatic carbocycles. The van der Waals surface area contributed by atoms with Gasteiger partial charge in [-0.1, -0.05) is 69.0 Å². The monoisotopic (exact) mass is 728 g/mol. The Morgan fingerprint density at radius 1 is 1.20 bits per heavy atom. The van der Waals surface area contributed by atoms with Gasteiger partial charge in [0.1, 0.15) is 5.75 Å². The lowest BCUT2D eigenvalue weighted by Gasteiger charge is -2.42. The summed E-state index contributed by atoms with van der Waals surface area (Å²) >= 11 is 10.9. The van der Waals surface area contributed by atoms with E-state index in [1.165, 1.54) is 0 Å². The van der Waals surface area contributed by atoms with Crippen LogP contribution in [0.1, 0.15) is 92.6 Å². The molecule has 6 unspecified atom stereocenters. The number of anilines is 1. The first-order valence-corrected chi connectivity index (χ1v) is 20.5. The number of hydrogen-bond donors (Lipinski definition) is 3. The van der Waals surface area contributed by atoms with Gasteiger partial charge in [0.25, 0.3) is 5.91 Å². The van der Waals surface area contributed by atoms with Gasteiger partial charge in [-0.25, -0.2) is 13.1 Å². The minimum absolute atomic E-state index is 0.0136. The quantitative estimate of drug-likeness (QED) is 0.113. The standard InChI is InChI=1S/C39H53ClN2O5S2/c1-4-6-7-9-36(43)34-15-12-30(34)23-42-24-31(33-16-14-32(40)21-28(33)18-19-48)25-47-37-17-13-29(22-35(37)42)39(44)41-49(45,46)38(20-27-10-11-27)26(3)8-5-2/h5,7,9,13-14,16-17,21-22,26-27,30-31,34,36,38,43,48H,2,4,6,8,10-12,15,18-20,23-25H2,1,3H3,(H,41,44)/b9-7+. The second-order valence-electron chi connectivity index (χ2n) is 14.3. The summed E-state index contributed by atoms with van der Waals surface area (Å²) in [5.74, 6) is 1.35. The lowest BCUT2D eigenvalue weighted by molar-refractivity contribution is 0.0461. The highest BCUT2D eigenvalue weighted by atomic mass is 35.5. The molecular formula is C39H53ClN2O5S2. The summed E-state index contributed by atoms with van der Waals surface area (Å²) in [6.07, 6.45) is 13.1. The Morgan fingerprint density at radius 2 is 2.00 bits per heavy atom. The molecule has 2 N–H and O–H groups in total. The average molecular weight is 729 g/mol. The molecule has 3 aliphatic rings. The molecule has 0 aromatic heterocycles. The van der Waals surface area contributed by atoms with Crippen LogP contribution in [0, 0.1) is 23.7 Å². The van der Waals surface area contributed by atoms with Crippen molar-refractivity contribution >= 4 is 45.8 Å². The molecule has 2 aromatic carbocycles. The lowest BCUT2D eigenvalue weighted by atomic mass is 9.70. The molecule has 1 heterocycles. The van der Waals surface area contributed by atoms with Crippen LogP contribution in [0.5, 0.6) is 5.75 Å². The number of fused-ring (bicyclic) bond motifs is 1. The number of amides is 1. The van der Waals surface area contributed by atoms with Crippen LogP contribution in [0.15, 0.2) is 61.2 Å². The molecule has 10 heteroatoms. The summed E-state index contributed by atoms with van der Waals surface area (Å²) in [5, 5.41) is 11.1. The van der Waals surface area contributed by atoms with Crippen LogP contribution in [0.4, 0.5) is 5.69 Å². The van der Waals surface area contributed by atoms with E-state index in [9.17, 15) is 18.3 Å². The largest absolute Gasteiger partial charge is 0.491 e. The highest BCUT2D eigenvalue weighted by molar-refractivity contribution is 7.90. The zero-order valence-electron chi connectivity index (χ0n) is 28.9. The van der Waals surface area contributed by atoms with Crippen molar-refractivity contribution in [3.05, 3.63) is 82.9 Å². The molecule has 1 amide bonds. The first-order valence-electron chi connectivity index (χ1n) is 18.0. The normalized spacial score (nSPS) is 22.7. The van der Waals surface area contributed by atoms with Crippen molar-refractivity contribution in [3.63, 3.8) is 0 Å². The van der Waals surface area contributed by atoms with Crippen LogP contribution in [0.2, 0.25) is 5.02 Å². The van der Waals surface area contributed by atoms with E-state index in [0.29, 0.717) is 55.0 Å². The van der Waals surface area contributed by atoms with Crippen LogP contribution < -0.4 is 14.4 Å². The van der Waals surface area contributed by atoms with E-state index < -0.39 is 27.3 Å². The number of unbranched alkanes of at least 4 members (excludes halogenated alkanes) is 1. The van der Waals surface area contributed by atoms with Gasteiger partial charge in [0, 0.05) is 29.6 Å². The van der Waals surface area contributed by atoms with Gasteiger partial charge in [-0.3, -0.25) is 4.79 Å². The number of sulfonamides is 1. The minimum atomic E-state index is -3.93. The van der Waals surface area contributed by atoms with Gasteiger partial charge in [0.2, 0.25) is 10.0 Å². The van der Waals surface area contributed by atoms with Crippen molar-refractivity contribution in [3.8, 4) is 5.75 Å². The summed E-state index contributed by atoms with van der Waals surface area (Å²) in [6.45, 7) is 9.59. The molecule has 1 aliphatic heterocycles. The van der Waals surface area contributed by atoms with Crippen molar-refractivity contribution in [2.24, 2.45) is 23.7 Å². The number of carbonyl (C=O) groups is 1. The number of rotatable bonds is 17. The lowest BCUT2D eigenvalue weighted by Crippen LogP contribution is -2.44. The van der Waals surface area contributed by atoms with Gasteiger partial charge in [-0.2, -0.15) is 12.6 Å². The molecule has 7 nitrogen and oxygen atoms in total. The molecule has 2 saturated carbocycles. The molecule has 2 fully saturated rings. The fraction of sp³-hybridized carbons (Fsp3) is 0.564. The fourth-order valence-electron chi connectivity index (χ4n) is 7.43. The maximum atomic E-state index is 13.7. The first-order chi connectivity index (χ1) is 23.5. The molecular weight excluding hydrogens is 676 g/mol. The summed E-state index contributed by atoms with van der Waals surface area (Å²) in [5.41, 5.74) is 3.32. The Bertz CT molecular complexity index is 1590. The molecule has 0 radical (unpaired) electrons. The number of benzene rings is 2. The van der Waals surface area contributed by atoms with Crippen molar-refractivity contribution in [1.29, 1.82) is 0 Å². The smallest absolute Gasteiger partial charge is 0.264 e. The zero-order chi connectivity index (χ0) is 35.1. The molecule has 5 rings (SSSR count). The van der Waals surface area contributed by atoms with E-state index in [0.717, 1.165) is 61.8 Å². The highest BCUT2D eigenvalue weighted by Crippen LogP contribution is 2.43. The number of aryl methyl sites for hydroxylation is 1. The number of ether oxygens (including phenoxy) is 1. The molecule has 268 valence electrons. The molecule has 0 spiro atoms. The van der Waals surface area contributed by atoms with E-state index >= 15 is 0 Å². The van der Waals surface area contributed by atoms with Crippen molar-refractivity contribution in [2.45, 2.75) is 88.9 Å². The molecule has 6 atom stereocenters. The Hall–Kier alpha value is -2.46. The summed E-state index contributed by atoms with van der Waals surface area (Å²) in [4.78, 5) is 16.0. The van der Waals surface area contributed by atoms with Crippen LogP contribution in [-0.4, -0.2) is 56.2 Å². The van der Waals surface area contributed by atoms with E-state index in [1.54, 1.807) is 24.3 Å². The van der Waals surface area contributed by atoms with Gasteiger partial charge in [-0.05, 0) is 109 Å². The zero-order valence-corrected chi connectivity index (χ0v) is 31.4. The topological polar surface area (TPSA) is 95.9 Å². The Kier molecular flexibility index (Phi) is 13.2. The number of halogens is 1. The second kappa shape index (κ2) is 17.2. The highest BCUT2D eigenvalue weighted by Gasteiger charge is 2.39. The maximum absolute atomic E-state index is 13.7. The third-order valence-corrected chi connectivity index (χ3v) is 13.0. The summed E-state index contributed by atoms with van der Waals surface area (Å²) in [6, 6.07) is 11.2. The molecule has 0 saturated heterocycles. The Morgan fingerprint density at radius 3 is 2.67 bits per heavy atom. The van der Waals surface area contributed by atoms with Crippen LogP contribution in [-0.2, 0) is 16.4 Å². The number of allylic oxidation sites excluding steroid dienone is 2. The predicted octanol–water partition coefficient (Wildman–Crippen LogP) is 7.98. The van der Waals surface area contributed by atoms with Gasteiger partial charge in [0.05, 0.1) is 23.6 Å². The van der Waals surface area contributed by atoms with Crippen LogP contribution in [0.25, 0.3) is 0 Å². The minimum Gasteiger partial charge on any atom is -0.491 e. The number of aliphatic hydroxyl groups excluding tert-OH is 1. The first kappa shape index (κ1) is 37.8. The van der Waals surface area contributed by atoms with E-state index in [2.05, 4.69) is 47.9 Å². The van der Waals surface area contributed by atoms with Gasteiger partial charge < -0.3 is 14.7 Å². The number of nitrogens with zero attached hydrogens (tertiary/aromatic N) is 1. The van der Waals surface area contributed by atoms with Gasteiger partial charge in [0.15, 0.2) is 0 Å². The Balaban J connectivity index is 1.43. The van der Waals surface area contributed by atoms with E-state index in [4.69, 9.17) is 16.3 Å². The van der Waals surface area contributed by atoms with E-state index in [-0.39, 0.29) is 29.2 Å². The molecule has 49 heavy (non-hydrogen) atoms. The van der Waals surface area contributed by atoms with E-state index in [1.807, 2.05) is 25.1 Å². The molecule has 2 aromatic rings. The maximum Gasteiger partial charge on any atom is 0.264 e. The van der Waals surface area contributed by atoms with Crippen molar-refractivity contribution in [2.75, 3.05) is 30.3 Å². The van der Waals surface area contributed by atoms with Crippen LogP contribution >= 0.6 is 24.2 Å². The summed E-state index contributed by atoms with van der Waals surface area (Å²) < 4.78 is 36.2. The third kappa shape index (κ3) is 9.66. The number of aliphatic hydroxyl groups is 1. The second-order valence-corrected chi connectivity index (χ2v) is 17.1. The fourth-order valence-corrected chi connectivity index (χ4v) is 9.64. The third-order valence-electron chi connectivity index (χ3n) is 10.6. The van der Waals surface area contributed by atoms with Gasteiger partial charge >= 0.3 is 0 Å². The number of hydrogen-bond acceptors (Lipinski definition) is 7. The SMILES string of the molecule is C=CCC(C)C(CC1CC1)S(=O)(=O)NC(=O)c1ccc2c(c1)N(CC1CCC1C(O)/C=C/CCC)CC(c1ccc(Cl)cc1CCS)CO2. The van der Waals surface area contributed by atoms with Crippen molar-refractivity contribution in [1.82, 2.24) is 4.72 Å². The summed E-state index contributed by atoms with van der Waals surface area (Å²) in [7, 11) is -3.93. The molecule has 0 bridgehead atoms.